The third-order valence-electron chi connectivity index (χ3n) is 2.75. The third kappa shape index (κ3) is 2.54. The van der Waals surface area contributed by atoms with Crippen LogP contribution < -0.4 is 14.8 Å². The predicted molar refractivity (Wildman–Crippen MR) is 76.3 cm³/mol. The van der Waals surface area contributed by atoms with E-state index in [9.17, 15) is 0 Å². The van der Waals surface area contributed by atoms with Gasteiger partial charge < -0.3 is 14.8 Å². The highest BCUT2D eigenvalue weighted by atomic mass is 35.5. The van der Waals surface area contributed by atoms with E-state index in [1.807, 2.05) is 25.4 Å². The van der Waals surface area contributed by atoms with Gasteiger partial charge in [0.05, 0.1) is 5.02 Å². The number of halogens is 1. The summed E-state index contributed by atoms with van der Waals surface area (Å²) in [5.74, 6) is 1.32. The van der Waals surface area contributed by atoms with Crippen molar-refractivity contribution in [3.05, 3.63) is 28.2 Å². The Bertz CT molecular complexity index is 600. The largest absolute Gasteiger partial charge is 0.486 e. The Labute approximate surface area is 120 Å². The highest BCUT2D eigenvalue weighted by Crippen LogP contribution is 2.41. The van der Waals surface area contributed by atoms with Crippen molar-refractivity contribution < 1.29 is 9.47 Å². The molecule has 0 aliphatic carbocycles. The molecular weight excluding hydrogens is 284 g/mol. The van der Waals surface area contributed by atoms with E-state index >= 15 is 0 Å². The number of hydrogen-bond donors (Lipinski definition) is 1. The molecule has 0 radical (unpaired) electrons. The quantitative estimate of drug-likeness (QED) is 0.946. The van der Waals surface area contributed by atoms with Crippen LogP contribution in [0.1, 0.15) is 4.88 Å². The van der Waals surface area contributed by atoms with Crippen molar-refractivity contribution in [3.63, 3.8) is 0 Å². The summed E-state index contributed by atoms with van der Waals surface area (Å²) < 4.78 is 11.1. The van der Waals surface area contributed by atoms with E-state index in [0.29, 0.717) is 29.7 Å². The zero-order valence-corrected chi connectivity index (χ0v) is 12.0. The average molecular weight is 297 g/mol. The zero-order chi connectivity index (χ0) is 13.2. The van der Waals surface area contributed by atoms with E-state index in [0.717, 1.165) is 17.1 Å². The highest BCUT2D eigenvalue weighted by Gasteiger charge is 2.18. The standard InChI is InChI=1S/C13H13ClN2O2S/c1-15-6-9-7-16-13(19-9)8-4-10(14)12-11(5-8)17-2-3-18-12/h4-5,7,15H,2-3,6H2,1H3. The number of nitrogens with one attached hydrogen (secondary N) is 1. The predicted octanol–water partition coefficient (Wildman–Crippen LogP) is 2.95. The van der Waals surface area contributed by atoms with Gasteiger partial charge in [-0.2, -0.15) is 0 Å². The van der Waals surface area contributed by atoms with Crippen LogP contribution >= 0.6 is 22.9 Å². The molecular formula is C13H13ClN2O2S. The fourth-order valence-corrected chi connectivity index (χ4v) is 3.11. The lowest BCUT2D eigenvalue weighted by Crippen LogP contribution is -2.15. The number of thiazole rings is 1. The van der Waals surface area contributed by atoms with Gasteiger partial charge >= 0.3 is 0 Å². The van der Waals surface area contributed by atoms with E-state index in [1.165, 1.54) is 4.88 Å². The van der Waals surface area contributed by atoms with Gasteiger partial charge in [0.1, 0.15) is 18.2 Å². The number of benzene rings is 1. The van der Waals surface area contributed by atoms with E-state index < -0.39 is 0 Å². The maximum Gasteiger partial charge on any atom is 0.179 e. The Morgan fingerprint density at radius 2 is 2.21 bits per heavy atom. The molecule has 2 aromatic rings. The first kappa shape index (κ1) is 12.7. The monoisotopic (exact) mass is 296 g/mol. The van der Waals surface area contributed by atoms with Crippen LogP contribution in [0.2, 0.25) is 5.02 Å². The Morgan fingerprint density at radius 3 is 3.05 bits per heavy atom. The molecule has 1 aromatic heterocycles. The molecule has 1 N–H and O–H groups in total. The molecule has 100 valence electrons. The normalized spacial score (nSPS) is 13.6. The topological polar surface area (TPSA) is 43.4 Å². The minimum atomic E-state index is 0.537. The van der Waals surface area contributed by atoms with Gasteiger partial charge in [-0.15, -0.1) is 11.3 Å². The van der Waals surface area contributed by atoms with Crippen LogP contribution in [0, 0.1) is 0 Å². The summed E-state index contributed by atoms with van der Waals surface area (Å²) in [5, 5.41) is 4.61. The van der Waals surface area contributed by atoms with Crippen molar-refractivity contribution in [2.45, 2.75) is 6.54 Å². The second-order valence-electron chi connectivity index (χ2n) is 4.14. The molecule has 0 saturated heterocycles. The first-order chi connectivity index (χ1) is 9.28. The molecule has 0 atom stereocenters. The number of nitrogens with zero attached hydrogens (tertiary/aromatic N) is 1. The molecule has 3 rings (SSSR count). The van der Waals surface area contributed by atoms with Crippen molar-refractivity contribution >= 4 is 22.9 Å². The SMILES string of the molecule is CNCc1cnc(-c2cc(Cl)c3c(c2)OCCO3)s1. The van der Waals surface area contributed by atoms with Crippen LogP contribution in [0.4, 0.5) is 0 Å². The van der Waals surface area contributed by atoms with Gasteiger partial charge in [0, 0.05) is 23.2 Å². The summed E-state index contributed by atoms with van der Waals surface area (Å²) in [5.41, 5.74) is 0.960. The van der Waals surface area contributed by atoms with Gasteiger partial charge in [0.2, 0.25) is 0 Å². The molecule has 0 fully saturated rings. The molecule has 6 heteroatoms. The van der Waals surface area contributed by atoms with Crippen molar-refractivity contribution in [2.75, 3.05) is 20.3 Å². The zero-order valence-electron chi connectivity index (χ0n) is 10.4. The van der Waals surface area contributed by atoms with Gasteiger partial charge in [0.15, 0.2) is 11.5 Å². The fraction of sp³-hybridized carbons (Fsp3) is 0.308. The Hall–Kier alpha value is -1.30. The molecule has 19 heavy (non-hydrogen) atoms. The average Bonchev–Trinajstić information content (AvgIpc) is 2.88. The Morgan fingerprint density at radius 1 is 1.37 bits per heavy atom. The maximum atomic E-state index is 6.22. The summed E-state index contributed by atoms with van der Waals surface area (Å²) in [6, 6.07) is 3.80. The molecule has 2 heterocycles. The van der Waals surface area contributed by atoms with Crippen LogP contribution in [-0.2, 0) is 6.54 Å². The van der Waals surface area contributed by atoms with E-state index in [2.05, 4.69) is 10.3 Å². The number of rotatable bonds is 3. The summed E-state index contributed by atoms with van der Waals surface area (Å²) in [4.78, 5) is 5.60. The van der Waals surface area contributed by atoms with Gasteiger partial charge in [-0.1, -0.05) is 11.6 Å². The van der Waals surface area contributed by atoms with E-state index in [1.54, 1.807) is 11.3 Å². The first-order valence-electron chi connectivity index (χ1n) is 5.97. The molecule has 4 nitrogen and oxygen atoms in total. The molecule has 0 unspecified atom stereocenters. The van der Waals surface area contributed by atoms with Crippen molar-refractivity contribution in [1.82, 2.24) is 10.3 Å². The second-order valence-corrected chi connectivity index (χ2v) is 5.67. The summed E-state index contributed by atoms with van der Waals surface area (Å²) in [6.07, 6.45) is 1.88. The molecule has 1 aliphatic rings. The molecule has 1 aromatic carbocycles. The lowest BCUT2D eigenvalue weighted by atomic mass is 10.2. The van der Waals surface area contributed by atoms with Gasteiger partial charge in [-0.05, 0) is 19.2 Å². The molecule has 0 saturated carbocycles. The number of hydrogen-bond acceptors (Lipinski definition) is 5. The minimum Gasteiger partial charge on any atom is -0.486 e. The molecule has 0 bridgehead atoms. The van der Waals surface area contributed by atoms with Crippen LogP contribution in [0.15, 0.2) is 18.3 Å². The van der Waals surface area contributed by atoms with E-state index in [-0.39, 0.29) is 0 Å². The highest BCUT2D eigenvalue weighted by molar-refractivity contribution is 7.15. The maximum absolute atomic E-state index is 6.22. The van der Waals surface area contributed by atoms with Gasteiger partial charge in [0.25, 0.3) is 0 Å². The van der Waals surface area contributed by atoms with Crippen LogP contribution in [0.25, 0.3) is 10.6 Å². The molecule has 1 aliphatic heterocycles. The lowest BCUT2D eigenvalue weighted by molar-refractivity contribution is 0.172. The van der Waals surface area contributed by atoms with Crippen molar-refractivity contribution in [2.24, 2.45) is 0 Å². The van der Waals surface area contributed by atoms with Crippen LogP contribution in [0.5, 0.6) is 11.5 Å². The van der Waals surface area contributed by atoms with Crippen LogP contribution in [0.3, 0.4) is 0 Å². The smallest absolute Gasteiger partial charge is 0.179 e. The number of fused-ring (bicyclic) bond motifs is 1. The van der Waals surface area contributed by atoms with Crippen molar-refractivity contribution in [1.29, 1.82) is 0 Å². The van der Waals surface area contributed by atoms with Crippen LogP contribution in [-0.4, -0.2) is 25.2 Å². The Kier molecular flexibility index (Phi) is 3.59. The van der Waals surface area contributed by atoms with Gasteiger partial charge in [-0.3, -0.25) is 0 Å². The fourth-order valence-electron chi connectivity index (χ4n) is 1.93. The number of aromatic nitrogens is 1. The van der Waals surface area contributed by atoms with Crippen molar-refractivity contribution in [3.8, 4) is 22.1 Å². The lowest BCUT2D eigenvalue weighted by Gasteiger charge is -2.19. The molecule has 0 amide bonds. The second kappa shape index (κ2) is 5.36. The number of ether oxygens (including phenoxy) is 2. The molecule has 0 spiro atoms. The van der Waals surface area contributed by atoms with Gasteiger partial charge in [-0.25, -0.2) is 4.98 Å². The summed E-state index contributed by atoms with van der Waals surface area (Å²) >= 11 is 7.87. The Balaban J connectivity index is 1.97. The first-order valence-corrected chi connectivity index (χ1v) is 7.16. The third-order valence-corrected chi connectivity index (χ3v) is 4.08. The summed E-state index contributed by atoms with van der Waals surface area (Å²) in [7, 11) is 1.92. The summed E-state index contributed by atoms with van der Waals surface area (Å²) in [6.45, 7) is 1.90. The van der Waals surface area contributed by atoms with E-state index in [4.69, 9.17) is 21.1 Å². The minimum absolute atomic E-state index is 0.537.